The third kappa shape index (κ3) is 3.08. The van der Waals surface area contributed by atoms with Crippen LogP contribution in [0.3, 0.4) is 0 Å². The Morgan fingerprint density at radius 2 is 1.42 bits per heavy atom. The summed E-state index contributed by atoms with van der Waals surface area (Å²) < 4.78 is 29.5. The van der Waals surface area contributed by atoms with E-state index in [1.807, 2.05) is 56.9 Å². The minimum absolute atomic E-state index is 0.229. The summed E-state index contributed by atoms with van der Waals surface area (Å²) in [7, 11) is -3.71. The molecule has 24 heavy (non-hydrogen) atoms. The van der Waals surface area contributed by atoms with E-state index in [0.717, 1.165) is 17.8 Å². The second-order valence-corrected chi connectivity index (χ2v) is 8.61. The van der Waals surface area contributed by atoms with Gasteiger partial charge in [-0.2, -0.15) is 8.42 Å². The fourth-order valence-electron chi connectivity index (χ4n) is 2.80. The number of anilines is 1. The van der Waals surface area contributed by atoms with E-state index in [4.69, 9.17) is 0 Å². The summed E-state index contributed by atoms with van der Waals surface area (Å²) in [6.07, 6.45) is 0. The Labute approximate surface area is 143 Å². The molecule has 0 unspecified atom stereocenters. The average Bonchev–Trinajstić information content (AvgIpc) is 2.52. The van der Waals surface area contributed by atoms with Crippen molar-refractivity contribution in [1.82, 2.24) is 0 Å². The van der Waals surface area contributed by atoms with Gasteiger partial charge in [-0.3, -0.25) is 0 Å². The van der Waals surface area contributed by atoms with Gasteiger partial charge in [-0.15, -0.1) is 4.40 Å². The lowest BCUT2D eigenvalue weighted by atomic mass is 9.82. The Kier molecular flexibility index (Phi) is 4.00. The van der Waals surface area contributed by atoms with Gasteiger partial charge in [-0.05, 0) is 38.1 Å². The predicted octanol–water partition coefficient (Wildman–Crippen LogP) is 3.94. The molecule has 0 aromatic heterocycles. The van der Waals surface area contributed by atoms with Gasteiger partial charge >= 0.3 is 0 Å². The highest BCUT2D eigenvalue weighted by Gasteiger charge is 2.44. The van der Waals surface area contributed by atoms with Crippen molar-refractivity contribution < 1.29 is 8.42 Å². The Morgan fingerprint density at radius 1 is 0.917 bits per heavy atom. The summed E-state index contributed by atoms with van der Waals surface area (Å²) >= 11 is 0. The maximum atomic E-state index is 12.7. The first-order valence-electron chi connectivity index (χ1n) is 7.95. The first-order chi connectivity index (χ1) is 11.2. The molecule has 2 aromatic carbocycles. The van der Waals surface area contributed by atoms with Crippen molar-refractivity contribution in [1.29, 1.82) is 0 Å². The van der Waals surface area contributed by atoms with Crippen LogP contribution in [0.4, 0.5) is 5.69 Å². The highest BCUT2D eigenvalue weighted by atomic mass is 32.2. The van der Waals surface area contributed by atoms with E-state index < -0.39 is 10.0 Å². The number of nitrogens with zero attached hydrogens (tertiary/aromatic N) is 2. The quantitative estimate of drug-likeness (QED) is 0.849. The fourth-order valence-corrected chi connectivity index (χ4v) is 3.96. The number of aryl methyl sites for hydroxylation is 2. The Bertz CT molecular complexity index is 880. The molecule has 126 valence electrons. The van der Waals surface area contributed by atoms with E-state index >= 15 is 0 Å². The topological polar surface area (TPSA) is 49.7 Å². The molecule has 0 radical (unpaired) electrons. The third-order valence-corrected chi connectivity index (χ3v) is 5.57. The summed E-state index contributed by atoms with van der Waals surface area (Å²) in [5.41, 5.74) is 2.90. The lowest BCUT2D eigenvalue weighted by molar-refractivity contribution is 0.458. The number of amidine groups is 1. The van der Waals surface area contributed by atoms with E-state index in [9.17, 15) is 8.42 Å². The summed E-state index contributed by atoms with van der Waals surface area (Å²) in [6.45, 7) is 8.73. The average molecular weight is 342 g/mol. The summed E-state index contributed by atoms with van der Waals surface area (Å²) in [5.74, 6) is 0.590. The molecule has 0 N–H and O–H groups in total. The van der Waals surface area contributed by atoms with Crippen LogP contribution >= 0.6 is 0 Å². The molecule has 0 aliphatic carbocycles. The van der Waals surface area contributed by atoms with E-state index in [0.29, 0.717) is 5.84 Å². The number of benzene rings is 2. The molecular weight excluding hydrogens is 320 g/mol. The standard InChI is InChI=1S/C19H22N2O2S/c1-14-5-9-16(10-6-14)21-13-19(3,4)18(21)20-24(22,23)17-11-7-15(2)8-12-17/h5-12H,13H2,1-4H3/b20-18+. The van der Waals surface area contributed by atoms with E-state index in [1.165, 1.54) is 5.56 Å². The number of rotatable bonds is 3. The lowest BCUT2D eigenvalue weighted by Crippen LogP contribution is -2.59. The molecule has 2 aromatic rings. The second-order valence-electron chi connectivity index (χ2n) is 7.01. The highest BCUT2D eigenvalue weighted by Crippen LogP contribution is 2.37. The van der Waals surface area contributed by atoms with Crippen LogP contribution in [0, 0.1) is 19.3 Å². The van der Waals surface area contributed by atoms with Crippen molar-refractivity contribution in [2.75, 3.05) is 11.4 Å². The molecule has 0 saturated carbocycles. The molecule has 1 aliphatic rings. The van der Waals surface area contributed by atoms with Crippen molar-refractivity contribution in [2.45, 2.75) is 32.6 Å². The molecule has 1 saturated heterocycles. The predicted molar refractivity (Wildman–Crippen MR) is 98.1 cm³/mol. The normalized spacial score (nSPS) is 18.5. The van der Waals surface area contributed by atoms with Crippen LogP contribution in [0.2, 0.25) is 0 Å². The van der Waals surface area contributed by atoms with Gasteiger partial charge in [0.05, 0.1) is 4.90 Å². The van der Waals surface area contributed by atoms with Gasteiger partial charge in [-0.1, -0.05) is 49.2 Å². The summed E-state index contributed by atoms with van der Waals surface area (Å²) in [4.78, 5) is 2.19. The summed E-state index contributed by atoms with van der Waals surface area (Å²) in [6, 6.07) is 14.8. The third-order valence-electron chi connectivity index (χ3n) is 4.29. The van der Waals surface area contributed by atoms with Crippen molar-refractivity contribution in [3.8, 4) is 0 Å². The van der Waals surface area contributed by atoms with Gasteiger partial charge in [0.1, 0.15) is 5.84 Å². The molecule has 5 heteroatoms. The Morgan fingerprint density at radius 3 is 1.92 bits per heavy atom. The van der Waals surface area contributed by atoms with Crippen LogP contribution in [0.5, 0.6) is 0 Å². The monoisotopic (exact) mass is 342 g/mol. The largest absolute Gasteiger partial charge is 0.328 e. The number of hydrogen-bond donors (Lipinski definition) is 0. The molecule has 0 amide bonds. The molecule has 4 nitrogen and oxygen atoms in total. The van der Waals surface area contributed by atoms with Crippen LogP contribution in [-0.4, -0.2) is 20.8 Å². The maximum absolute atomic E-state index is 12.7. The maximum Gasteiger partial charge on any atom is 0.283 e. The van der Waals surface area contributed by atoms with Gasteiger partial charge in [-0.25, -0.2) is 0 Å². The number of sulfonamides is 1. The molecule has 1 fully saturated rings. The van der Waals surface area contributed by atoms with Crippen molar-refractivity contribution in [2.24, 2.45) is 9.81 Å². The van der Waals surface area contributed by atoms with Gasteiger partial charge in [0.15, 0.2) is 0 Å². The fraction of sp³-hybridized carbons (Fsp3) is 0.316. The van der Waals surface area contributed by atoms with E-state index in [1.54, 1.807) is 24.3 Å². The Balaban J connectivity index is 1.99. The van der Waals surface area contributed by atoms with Crippen molar-refractivity contribution in [3.05, 3.63) is 59.7 Å². The highest BCUT2D eigenvalue weighted by molar-refractivity contribution is 7.90. The van der Waals surface area contributed by atoms with Gasteiger partial charge in [0.2, 0.25) is 0 Å². The second kappa shape index (κ2) is 5.74. The van der Waals surface area contributed by atoms with Gasteiger partial charge in [0, 0.05) is 17.6 Å². The first-order valence-corrected chi connectivity index (χ1v) is 9.39. The zero-order chi connectivity index (χ0) is 17.5. The lowest BCUT2D eigenvalue weighted by Gasteiger charge is -2.48. The van der Waals surface area contributed by atoms with Crippen molar-refractivity contribution >= 4 is 21.5 Å². The van der Waals surface area contributed by atoms with Crippen molar-refractivity contribution in [3.63, 3.8) is 0 Å². The van der Waals surface area contributed by atoms with Crippen LogP contribution in [0.15, 0.2) is 57.8 Å². The minimum Gasteiger partial charge on any atom is -0.328 e. The smallest absolute Gasteiger partial charge is 0.283 e. The molecule has 0 atom stereocenters. The molecule has 0 spiro atoms. The molecular formula is C19H22N2O2S. The zero-order valence-electron chi connectivity index (χ0n) is 14.4. The molecule has 1 aliphatic heterocycles. The summed E-state index contributed by atoms with van der Waals surface area (Å²) in [5, 5.41) is 0. The van der Waals surface area contributed by atoms with E-state index in [-0.39, 0.29) is 10.3 Å². The SMILES string of the molecule is Cc1ccc(N2CC(C)(C)/C2=N\S(=O)(=O)c2ccc(C)cc2)cc1. The van der Waals surface area contributed by atoms with Crippen LogP contribution in [0.1, 0.15) is 25.0 Å². The molecule has 0 bridgehead atoms. The van der Waals surface area contributed by atoms with Crippen LogP contribution < -0.4 is 4.90 Å². The van der Waals surface area contributed by atoms with Gasteiger partial charge < -0.3 is 4.90 Å². The van der Waals surface area contributed by atoms with Crippen LogP contribution in [-0.2, 0) is 10.0 Å². The minimum atomic E-state index is -3.71. The van der Waals surface area contributed by atoms with Gasteiger partial charge in [0.25, 0.3) is 10.0 Å². The molecule has 1 heterocycles. The zero-order valence-corrected chi connectivity index (χ0v) is 15.3. The van der Waals surface area contributed by atoms with E-state index in [2.05, 4.69) is 4.40 Å². The Hall–Kier alpha value is -2.14. The number of hydrogen-bond acceptors (Lipinski definition) is 2. The molecule has 3 rings (SSSR count). The van der Waals surface area contributed by atoms with Crippen LogP contribution in [0.25, 0.3) is 0 Å². The first kappa shape index (κ1) is 16.7.